The molecular formula is C13H14FNO3. The van der Waals surface area contributed by atoms with Crippen molar-refractivity contribution in [2.45, 2.75) is 31.9 Å². The largest absolute Gasteiger partial charge is 0.481 e. The second-order valence-corrected chi connectivity index (χ2v) is 4.38. The van der Waals surface area contributed by atoms with Crippen LogP contribution in [0.3, 0.4) is 0 Å². The van der Waals surface area contributed by atoms with Gasteiger partial charge in [0.25, 0.3) is 5.91 Å². The van der Waals surface area contributed by atoms with Crippen LogP contribution < -0.4 is 10.1 Å². The van der Waals surface area contributed by atoms with E-state index in [1.165, 1.54) is 6.07 Å². The Labute approximate surface area is 104 Å². The monoisotopic (exact) mass is 251 g/mol. The Morgan fingerprint density at radius 1 is 1.50 bits per heavy atom. The molecule has 1 aromatic rings. The number of halogens is 1. The molecule has 4 nitrogen and oxygen atoms in total. The van der Waals surface area contributed by atoms with Crippen LogP contribution in [0.2, 0.25) is 0 Å². The van der Waals surface area contributed by atoms with Gasteiger partial charge in [0, 0.05) is 17.7 Å². The number of aldehydes is 1. The van der Waals surface area contributed by atoms with E-state index in [9.17, 15) is 14.0 Å². The number of amides is 1. The lowest BCUT2D eigenvalue weighted by Crippen LogP contribution is -2.37. The molecule has 0 aliphatic heterocycles. The molecule has 2 rings (SSSR count). The van der Waals surface area contributed by atoms with Crippen molar-refractivity contribution in [3.05, 3.63) is 29.6 Å². The highest BCUT2D eigenvalue weighted by atomic mass is 19.1. The molecule has 1 N–H and O–H groups in total. The fourth-order valence-corrected chi connectivity index (χ4v) is 1.52. The summed E-state index contributed by atoms with van der Waals surface area (Å²) in [6.45, 7) is 1.59. The maximum atomic E-state index is 13.1. The maximum absolute atomic E-state index is 13.1. The zero-order chi connectivity index (χ0) is 13.1. The molecule has 5 heteroatoms. The molecular weight excluding hydrogens is 237 g/mol. The topological polar surface area (TPSA) is 55.4 Å². The summed E-state index contributed by atoms with van der Waals surface area (Å²) >= 11 is 0. The molecule has 1 aromatic carbocycles. The van der Waals surface area contributed by atoms with Gasteiger partial charge in [0.1, 0.15) is 17.9 Å². The first-order chi connectivity index (χ1) is 8.58. The second kappa shape index (κ2) is 5.16. The van der Waals surface area contributed by atoms with Crippen molar-refractivity contribution >= 4 is 12.2 Å². The van der Waals surface area contributed by atoms with E-state index in [1.807, 2.05) is 0 Å². The Bertz CT molecular complexity index is 471. The van der Waals surface area contributed by atoms with E-state index in [1.54, 1.807) is 6.92 Å². The van der Waals surface area contributed by atoms with E-state index in [4.69, 9.17) is 4.74 Å². The summed E-state index contributed by atoms with van der Waals surface area (Å²) in [5, 5.41) is 2.79. The molecule has 18 heavy (non-hydrogen) atoms. The van der Waals surface area contributed by atoms with Crippen molar-refractivity contribution in [3.8, 4) is 5.75 Å². The number of carbonyl (C=O) groups excluding carboxylic acids is 2. The van der Waals surface area contributed by atoms with E-state index in [0.717, 1.165) is 25.0 Å². The first-order valence-electron chi connectivity index (χ1n) is 5.81. The fraction of sp³-hybridized carbons (Fsp3) is 0.385. The zero-order valence-electron chi connectivity index (χ0n) is 9.98. The van der Waals surface area contributed by atoms with Crippen molar-refractivity contribution in [3.63, 3.8) is 0 Å². The summed E-state index contributed by atoms with van der Waals surface area (Å²) in [4.78, 5) is 22.2. The van der Waals surface area contributed by atoms with E-state index in [-0.39, 0.29) is 23.3 Å². The van der Waals surface area contributed by atoms with Crippen molar-refractivity contribution in [2.75, 3.05) is 0 Å². The quantitative estimate of drug-likeness (QED) is 0.810. The molecule has 1 unspecified atom stereocenters. The number of hydrogen-bond donors (Lipinski definition) is 1. The van der Waals surface area contributed by atoms with Crippen LogP contribution in [-0.4, -0.2) is 24.3 Å². The van der Waals surface area contributed by atoms with Gasteiger partial charge in [-0.1, -0.05) is 0 Å². The van der Waals surface area contributed by atoms with E-state index in [2.05, 4.69) is 5.32 Å². The predicted molar refractivity (Wildman–Crippen MR) is 63.0 cm³/mol. The van der Waals surface area contributed by atoms with Crippen LogP contribution in [0.5, 0.6) is 5.75 Å². The van der Waals surface area contributed by atoms with E-state index < -0.39 is 11.9 Å². The average Bonchev–Trinajstić information content (AvgIpc) is 3.11. The lowest BCUT2D eigenvalue weighted by atomic mass is 10.2. The summed E-state index contributed by atoms with van der Waals surface area (Å²) in [6, 6.07) is 3.90. The second-order valence-electron chi connectivity index (χ2n) is 4.38. The van der Waals surface area contributed by atoms with Gasteiger partial charge in [-0.25, -0.2) is 4.39 Å². The molecule has 1 saturated carbocycles. The van der Waals surface area contributed by atoms with Crippen molar-refractivity contribution in [2.24, 2.45) is 0 Å². The van der Waals surface area contributed by atoms with Gasteiger partial charge in [0.05, 0.1) is 0 Å². The van der Waals surface area contributed by atoms with Gasteiger partial charge in [0.2, 0.25) is 0 Å². The Balaban J connectivity index is 2.00. The smallest absolute Gasteiger partial charge is 0.260 e. The van der Waals surface area contributed by atoms with Crippen LogP contribution in [0.25, 0.3) is 0 Å². The molecule has 96 valence electrons. The number of nitrogens with one attached hydrogen (secondary N) is 1. The van der Waals surface area contributed by atoms with Crippen molar-refractivity contribution in [1.29, 1.82) is 0 Å². The highest BCUT2D eigenvalue weighted by Gasteiger charge is 2.26. The summed E-state index contributed by atoms with van der Waals surface area (Å²) in [5.41, 5.74) is 0.180. The molecule has 1 fully saturated rings. The summed E-state index contributed by atoms with van der Waals surface area (Å²) in [5.74, 6) is -0.616. The van der Waals surface area contributed by atoms with Gasteiger partial charge in [-0.05, 0) is 31.9 Å². The fourth-order valence-electron chi connectivity index (χ4n) is 1.52. The predicted octanol–water partition coefficient (Wildman–Crippen LogP) is 1.68. The summed E-state index contributed by atoms with van der Waals surface area (Å²) < 4.78 is 18.5. The molecule has 1 aliphatic rings. The average molecular weight is 251 g/mol. The third-order valence-electron chi connectivity index (χ3n) is 2.64. The molecule has 1 atom stereocenters. The van der Waals surface area contributed by atoms with Crippen LogP contribution in [0.1, 0.15) is 30.1 Å². The third kappa shape index (κ3) is 3.29. The Kier molecular flexibility index (Phi) is 3.60. The first kappa shape index (κ1) is 12.5. The third-order valence-corrected chi connectivity index (χ3v) is 2.64. The van der Waals surface area contributed by atoms with Gasteiger partial charge in [-0.15, -0.1) is 0 Å². The highest BCUT2D eigenvalue weighted by molar-refractivity contribution is 5.81. The number of benzene rings is 1. The summed E-state index contributed by atoms with van der Waals surface area (Å²) in [6.07, 6.45) is 1.80. The zero-order valence-corrected chi connectivity index (χ0v) is 9.98. The maximum Gasteiger partial charge on any atom is 0.260 e. The lowest BCUT2D eigenvalue weighted by Gasteiger charge is -2.14. The van der Waals surface area contributed by atoms with Crippen LogP contribution in [0, 0.1) is 5.82 Å². The van der Waals surface area contributed by atoms with Crippen molar-refractivity contribution < 1.29 is 18.7 Å². The highest BCUT2D eigenvalue weighted by Crippen LogP contribution is 2.20. The Morgan fingerprint density at radius 2 is 2.22 bits per heavy atom. The van der Waals surface area contributed by atoms with Crippen LogP contribution in [-0.2, 0) is 4.79 Å². The van der Waals surface area contributed by atoms with Crippen LogP contribution >= 0.6 is 0 Å². The molecule has 1 aliphatic carbocycles. The van der Waals surface area contributed by atoms with Gasteiger partial charge in [-0.3, -0.25) is 9.59 Å². The van der Waals surface area contributed by atoms with Gasteiger partial charge < -0.3 is 10.1 Å². The Morgan fingerprint density at radius 3 is 2.83 bits per heavy atom. The molecule has 0 saturated heterocycles. The normalized spacial score (nSPS) is 15.9. The molecule has 0 spiro atoms. The van der Waals surface area contributed by atoms with Crippen LogP contribution in [0.4, 0.5) is 4.39 Å². The molecule has 0 heterocycles. The SMILES string of the molecule is CC(Oc1cc(F)cc(C=O)c1)C(=O)NC1CC1. The van der Waals surface area contributed by atoms with Gasteiger partial charge in [0.15, 0.2) is 6.10 Å². The molecule has 1 amide bonds. The number of carbonyl (C=O) groups is 2. The minimum absolute atomic E-state index is 0.176. The van der Waals surface area contributed by atoms with Gasteiger partial charge >= 0.3 is 0 Å². The molecule has 0 bridgehead atoms. The Hall–Kier alpha value is -1.91. The van der Waals surface area contributed by atoms with E-state index >= 15 is 0 Å². The summed E-state index contributed by atoms with van der Waals surface area (Å²) in [7, 11) is 0. The van der Waals surface area contributed by atoms with Crippen LogP contribution in [0.15, 0.2) is 18.2 Å². The molecule has 0 radical (unpaired) electrons. The minimum atomic E-state index is -0.716. The number of hydrogen-bond acceptors (Lipinski definition) is 3. The number of ether oxygens (including phenoxy) is 1. The lowest BCUT2D eigenvalue weighted by molar-refractivity contribution is -0.127. The first-order valence-corrected chi connectivity index (χ1v) is 5.81. The molecule has 0 aromatic heterocycles. The minimum Gasteiger partial charge on any atom is -0.481 e. The standard InChI is InChI=1S/C13H14FNO3/c1-8(13(17)15-11-2-3-11)18-12-5-9(7-16)4-10(14)6-12/h4-8,11H,2-3H2,1H3,(H,15,17). The van der Waals surface area contributed by atoms with E-state index in [0.29, 0.717) is 6.29 Å². The number of rotatable bonds is 5. The van der Waals surface area contributed by atoms with Gasteiger partial charge in [-0.2, -0.15) is 0 Å². The van der Waals surface area contributed by atoms with Crippen molar-refractivity contribution in [1.82, 2.24) is 5.32 Å².